The molecule has 24 heavy (non-hydrogen) atoms. The predicted octanol–water partition coefficient (Wildman–Crippen LogP) is 2.43. The summed E-state index contributed by atoms with van der Waals surface area (Å²) < 4.78 is 11.3. The van der Waals surface area contributed by atoms with E-state index in [1.54, 1.807) is 17.0 Å². The van der Waals surface area contributed by atoms with E-state index in [4.69, 9.17) is 14.3 Å². The largest absolute Gasteiger partial charge is 0.478 e. The SMILES string of the molecule is Cc1ccc(C2CN(C(=O)Cc3cccc(C(=O)O)c3)CCO2)o1. The van der Waals surface area contributed by atoms with Gasteiger partial charge in [0.15, 0.2) is 0 Å². The summed E-state index contributed by atoms with van der Waals surface area (Å²) in [6.45, 7) is 3.27. The first-order chi connectivity index (χ1) is 11.5. The molecule has 1 atom stereocenters. The summed E-state index contributed by atoms with van der Waals surface area (Å²) in [6, 6.07) is 10.2. The lowest BCUT2D eigenvalue weighted by atomic mass is 10.1. The van der Waals surface area contributed by atoms with Crippen LogP contribution in [-0.4, -0.2) is 41.6 Å². The molecular formula is C18H19NO5. The topological polar surface area (TPSA) is 80.0 Å². The van der Waals surface area contributed by atoms with E-state index >= 15 is 0 Å². The standard InChI is InChI=1S/C18H19NO5/c1-12-5-6-15(24-12)16-11-19(7-8-23-16)17(20)10-13-3-2-4-14(9-13)18(21)22/h2-6,9,16H,7-8,10-11H2,1H3,(H,21,22). The van der Waals surface area contributed by atoms with Crippen LogP contribution in [0.15, 0.2) is 40.8 Å². The number of aromatic carboxylic acids is 1. The first-order valence-corrected chi connectivity index (χ1v) is 7.81. The second-order valence-corrected chi connectivity index (χ2v) is 5.83. The number of ether oxygens (including phenoxy) is 1. The monoisotopic (exact) mass is 329 g/mol. The fourth-order valence-corrected chi connectivity index (χ4v) is 2.78. The number of furan rings is 1. The van der Waals surface area contributed by atoms with E-state index in [1.807, 2.05) is 19.1 Å². The van der Waals surface area contributed by atoms with Crippen molar-refractivity contribution in [3.8, 4) is 0 Å². The van der Waals surface area contributed by atoms with Crippen LogP contribution in [0.1, 0.15) is 33.5 Å². The number of benzene rings is 1. The highest BCUT2D eigenvalue weighted by Gasteiger charge is 2.27. The third kappa shape index (κ3) is 3.65. The van der Waals surface area contributed by atoms with Gasteiger partial charge < -0.3 is 19.2 Å². The molecule has 6 nitrogen and oxygen atoms in total. The van der Waals surface area contributed by atoms with Gasteiger partial charge in [-0.1, -0.05) is 12.1 Å². The summed E-state index contributed by atoms with van der Waals surface area (Å²) in [6.07, 6.45) is -0.0906. The third-order valence-electron chi connectivity index (χ3n) is 4.03. The Hall–Kier alpha value is -2.60. The van der Waals surface area contributed by atoms with Gasteiger partial charge in [-0.2, -0.15) is 0 Å². The van der Waals surface area contributed by atoms with Crippen molar-refractivity contribution < 1.29 is 23.8 Å². The van der Waals surface area contributed by atoms with Crippen molar-refractivity contribution in [3.05, 3.63) is 59.0 Å². The smallest absolute Gasteiger partial charge is 0.335 e. The van der Waals surface area contributed by atoms with Crippen molar-refractivity contribution in [2.24, 2.45) is 0 Å². The summed E-state index contributed by atoms with van der Waals surface area (Å²) in [4.78, 5) is 25.3. The number of morpholine rings is 1. The van der Waals surface area contributed by atoms with Gasteiger partial charge >= 0.3 is 5.97 Å². The van der Waals surface area contributed by atoms with E-state index < -0.39 is 5.97 Å². The third-order valence-corrected chi connectivity index (χ3v) is 4.03. The molecule has 1 aromatic carbocycles. The summed E-state index contributed by atoms with van der Waals surface area (Å²) in [5, 5.41) is 9.03. The molecule has 0 saturated carbocycles. The number of carbonyl (C=O) groups is 2. The number of rotatable bonds is 4. The Labute approximate surface area is 139 Å². The van der Waals surface area contributed by atoms with Crippen molar-refractivity contribution in [2.45, 2.75) is 19.4 Å². The summed E-state index contributed by atoms with van der Waals surface area (Å²) in [5.74, 6) is 0.485. The van der Waals surface area contributed by atoms with Crippen LogP contribution in [0.5, 0.6) is 0 Å². The molecule has 1 aliphatic heterocycles. The van der Waals surface area contributed by atoms with E-state index in [0.717, 1.165) is 11.5 Å². The van der Waals surface area contributed by atoms with Gasteiger partial charge in [0.1, 0.15) is 17.6 Å². The van der Waals surface area contributed by atoms with Crippen LogP contribution in [0.3, 0.4) is 0 Å². The first kappa shape index (κ1) is 16.3. The van der Waals surface area contributed by atoms with Crippen molar-refractivity contribution in [1.82, 2.24) is 4.90 Å². The molecule has 0 aliphatic carbocycles. The molecule has 1 unspecified atom stereocenters. The summed E-state index contributed by atoms with van der Waals surface area (Å²) >= 11 is 0. The predicted molar refractivity (Wildman–Crippen MR) is 85.8 cm³/mol. The quantitative estimate of drug-likeness (QED) is 0.932. The second kappa shape index (κ2) is 6.88. The number of nitrogens with zero attached hydrogens (tertiary/aromatic N) is 1. The van der Waals surface area contributed by atoms with Gasteiger partial charge in [-0.05, 0) is 36.8 Å². The second-order valence-electron chi connectivity index (χ2n) is 5.83. The molecule has 2 heterocycles. The maximum absolute atomic E-state index is 12.5. The minimum absolute atomic E-state index is 0.0471. The van der Waals surface area contributed by atoms with E-state index in [1.165, 1.54) is 12.1 Å². The van der Waals surface area contributed by atoms with Crippen LogP contribution < -0.4 is 0 Å². The Balaban J connectivity index is 1.66. The molecule has 0 radical (unpaired) electrons. The molecule has 6 heteroatoms. The number of hydrogen-bond donors (Lipinski definition) is 1. The van der Waals surface area contributed by atoms with E-state index in [9.17, 15) is 9.59 Å². The van der Waals surface area contributed by atoms with Gasteiger partial charge in [-0.3, -0.25) is 4.79 Å². The molecule has 1 aliphatic rings. The Morgan fingerprint density at radius 3 is 2.83 bits per heavy atom. The highest BCUT2D eigenvalue weighted by atomic mass is 16.5. The van der Waals surface area contributed by atoms with Gasteiger partial charge in [0, 0.05) is 6.54 Å². The van der Waals surface area contributed by atoms with Crippen LogP contribution in [-0.2, 0) is 16.0 Å². The molecular weight excluding hydrogens is 310 g/mol. The number of aryl methyl sites for hydroxylation is 1. The van der Waals surface area contributed by atoms with Gasteiger partial charge in [-0.25, -0.2) is 4.79 Å². The summed E-state index contributed by atoms with van der Waals surface area (Å²) in [7, 11) is 0. The lowest BCUT2D eigenvalue weighted by molar-refractivity contribution is -0.138. The van der Waals surface area contributed by atoms with Crippen LogP contribution >= 0.6 is 0 Å². The molecule has 1 amide bonds. The molecule has 1 N–H and O–H groups in total. The lowest BCUT2D eigenvalue weighted by Crippen LogP contribution is -2.42. The van der Waals surface area contributed by atoms with Crippen molar-refractivity contribution in [3.63, 3.8) is 0 Å². The Kier molecular flexibility index (Phi) is 4.66. The highest BCUT2D eigenvalue weighted by molar-refractivity contribution is 5.88. The Morgan fingerprint density at radius 1 is 1.29 bits per heavy atom. The molecule has 1 aromatic heterocycles. The van der Waals surface area contributed by atoms with Crippen molar-refractivity contribution >= 4 is 11.9 Å². The van der Waals surface area contributed by atoms with Crippen molar-refractivity contribution in [1.29, 1.82) is 0 Å². The molecule has 1 saturated heterocycles. The number of carboxylic acids is 1. The highest BCUT2D eigenvalue weighted by Crippen LogP contribution is 2.24. The minimum Gasteiger partial charge on any atom is -0.478 e. The van der Waals surface area contributed by atoms with E-state index in [0.29, 0.717) is 25.3 Å². The Morgan fingerprint density at radius 2 is 2.12 bits per heavy atom. The minimum atomic E-state index is -0.996. The molecule has 1 fully saturated rings. The van der Waals surface area contributed by atoms with Crippen LogP contribution in [0.4, 0.5) is 0 Å². The zero-order valence-corrected chi connectivity index (χ0v) is 13.4. The van der Waals surface area contributed by atoms with Crippen LogP contribution in [0, 0.1) is 6.92 Å². The van der Waals surface area contributed by atoms with E-state index in [2.05, 4.69) is 0 Å². The van der Waals surface area contributed by atoms with Crippen LogP contribution in [0.25, 0.3) is 0 Å². The molecule has 126 valence electrons. The molecule has 0 bridgehead atoms. The van der Waals surface area contributed by atoms with Gasteiger partial charge in [0.25, 0.3) is 0 Å². The van der Waals surface area contributed by atoms with Gasteiger partial charge in [-0.15, -0.1) is 0 Å². The van der Waals surface area contributed by atoms with Crippen molar-refractivity contribution in [2.75, 3.05) is 19.7 Å². The number of amides is 1. The molecule has 0 spiro atoms. The number of carbonyl (C=O) groups excluding carboxylic acids is 1. The van der Waals surface area contributed by atoms with Crippen LogP contribution in [0.2, 0.25) is 0 Å². The molecule has 3 rings (SSSR count). The zero-order chi connectivity index (χ0) is 17.1. The van der Waals surface area contributed by atoms with Gasteiger partial charge in [0.2, 0.25) is 5.91 Å². The average molecular weight is 329 g/mol. The Bertz CT molecular complexity index is 751. The van der Waals surface area contributed by atoms with Gasteiger partial charge in [0.05, 0.1) is 25.1 Å². The fourth-order valence-electron chi connectivity index (χ4n) is 2.78. The summed E-state index contributed by atoms with van der Waals surface area (Å²) in [5.41, 5.74) is 0.878. The zero-order valence-electron chi connectivity index (χ0n) is 13.4. The number of hydrogen-bond acceptors (Lipinski definition) is 4. The normalized spacial score (nSPS) is 17.7. The lowest BCUT2D eigenvalue weighted by Gasteiger charge is -2.32. The first-order valence-electron chi connectivity index (χ1n) is 7.81. The average Bonchev–Trinajstić information content (AvgIpc) is 3.02. The maximum atomic E-state index is 12.5. The number of carboxylic acid groups (broad SMARTS) is 1. The maximum Gasteiger partial charge on any atom is 0.335 e. The fraction of sp³-hybridized carbons (Fsp3) is 0.333. The van der Waals surface area contributed by atoms with E-state index in [-0.39, 0.29) is 24.0 Å². The molecule has 2 aromatic rings.